The summed E-state index contributed by atoms with van der Waals surface area (Å²) in [6.07, 6.45) is 4.27. The van der Waals surface area contributed by atoms with Crippen molar-refractivity contribution in [3.05, 3.63) is 48.5 Å². The minimum absolute atomic E-state index is 0.0480. The Morgan fingerprint density at radius 2 is 1.90 bits per heavy atom. The lowest BCUT2D eigenvalue weighted by Crippen LogP contribution is -2.50. The topological polar surface area (TPSA) is 165 Å². The van der Waals surface area contributed by atoms with Gasteiger partial charge in [-0.15, -0.1) is 0 Å². The van der Waals surface area contributed by atoms with E-state index in [4.69, 9.17) is 39.5 Å². The van der Waals surface area contributed by atoms with Crippen LogP contribution in [0.3, 0.4) is 0 Å². The van der Waals surface area contributed by atoms with Crippen LogP contribution in [-0.2, 0) is 32.6 Å². The summed E-state index contributed by atoms with van der Waals surface area (Å²) in [7, 11) is 5.12. The van der Waals surface area contributed by atoms with Gasteiger partial charge in [-0.1, -0.05) is 0 Å². The maximum atomic E-state index is 13.8. The number of nitrogens with two attached hydrogens (primary N) is 1. The number of nitrogens with one attached hydrogen (secondary N) is 2. The number of hydrogen-bond donors (Lipinski definition) is 3. The summed E-state index contributed by atoms with van der Waals surface area (Å²) in [4.78, 5) is 25.5. The first-order valence-corrected chi connectivity index (χ1v) is 16.7. The molecule has 3 aromatic heterocycles. The number of likely N-dealkylation sites (tertiary alicyclic amines) is 1. The molecule has 3 aliphatic rings. The van der Waals surface area contributed by atoms with E-state index in [1.54, 1.807) is 18.9 Å². The van der Waals surface area contributed by atoms with E-state index in [9.17, 15) is 4.79 Å². The Bertz CT molecular complexity index is 1800. The van der Waals surface area contributed by atoms with Crippen LogP contribution in [-0.4, -0.2) is 106 Å². The Morgan fingerprint density at radius 3 is 2.61 bits per heavy atom. The smallest absolute Gasteiger partial charge is 0.252 e. The first-order valence-electron chi connectivity index (χ1n) is 16.7. The van der Waals surface area contributed by atoms with Crippen LogP contribution in [0.4, 0.5) is 5.82 Å². The van der Waals surface area contributed by atoms with Crippen molar-refractivity contribution in [2.45, 2.75) is 69.6 Å². The molecule has 0 spiro atoms. The maximum absolute atomic E-state index is 13.8. The minimum Gasteiger partial charge on any atom is -0.497 e. The largest absolute Gasteiger partial charge is 0.497 e. The van der Waals surface area contributed by atoms with Crippen molar-refractivity contribution in [3.8, 4) is 22.8 Å². The molecule has 4 atom stereocenters. The van der Waals surface area contributed by atoms with Crippen molar-refractivity contribution < 1.29 is 28.5 Å². The van der Waals surface area contributed by atoms with Crippen molar-refractivity contribution in [1.82, 2.24) is 34.5 Å². The number of anilines is 1. The zero-order chi connectivity index (χ0) is 34.3. The zero-order valence-corrected chi connectivity index (χ0v) is 28.6. The number of rotatable bonds is 11. The van der Waals surface area contributed by atoms with Crippen LogP contribution < -0.4 is 25.8 Å². The number of methoxy groups -OCH3 is 2. The fourth-order valence-electron chi connectivity index (χ4n) is 7.12. The van der Waals surface area contributed by atoms with Crippen LogP contribution in [0, 0.1) is 0 Å². The Balaban J connectivity index is 1.21. The van der Waals surface area contributed by atoms with Crippen LogP contribution in [0.15, 0.2) is 43.0 Å². The molecule has 0 unspecified atom stereocenters. The molecule has 7 rings (SSSR count). The van der Waals surface area contributed by atoms with Gasteiger partial charge in [0.15, 0.2) is 18.1 Å². The highest BCUT2D eigenvalue weighted by molar-refractivity contribution is 6.00. The molecular formula is C34H45N9O6. The van der Waals surface area contributed by atoms with E-state index >= 15 is 0 Å². The highest BCUT2D eigenvalue weighted by atomic mass is 16.8. The van der Waals surface area contributed by atoms with E-state index < -0.39 is 30.3 Å². The Morgan fingerprint density at radius 1 is 1.10 bits per heavy atom. The second-order valence-electron chi connectivity index (χ2n) is 13.2. The lowest BCUT2D eigenvalue weighted by molar-refractivity contribution is -0.197. The number of ether oxygens (including phenoxy) is 5. The normalized spacial score (nSPS) is 23.9. The third-order valence-electron chi connectivity index (χ3n) is 9.48. The fourth-order valence-corrected chi connectivity index (χ4v) is 7.12. The van der Waals surface area contributed by atoms with Gasteiger partial charge in [-0.2, -0.15) is 5.10 Å². The van der Waals surface area contributed by atoms with Crippen molar-refractivity contribution in [2.75, 3.05) is 45.7 Å². The summed E-state index contributed by atoms with van der Waals surface area (Å²) in [5.74, 6) is 0.890. The molecule has 3 aliphatic heterocycles. The van der Waals surface area contributed by atoms with Crippen molar-refractivity contribution in [3.63, 3.8) is 0 Å². The summed E-state index contributed by atoms with van der Waals surface area (Å²) in [5, 5.41) is 12.2. The van der Waals surface area contributed by atoms with Crippen LogP contribution in [0.25, 0.3) is 22.3 Å². The third-order valence-corrected chi connectivity index (χ3v) is 9.48. The van der Waals surface area contributed by atoms with Gasteiger partial charge in [0.1, 0.15) is 41.5 Å². The zero-order valence-electron chi connectivity index (χ0n) is 28.6. The summed E-state index contributed by atoms with van der Waals surface area (Å²) < 4.78 is 34.0. The average Bonchev–Trinajstić information content (AvgIpc) is 3.86. The molecule has 262 valence electrons. The molecule has 4 N–H and O–H groups in total. The molecule has 3 saturated heterocycles. The van der Waals surface area contributed by atoms with E-state index in [0.29, 0.717) is 36.1 Å². The van der Waals surface area contributed by atoms with Crippen molar-refractivity contribution in [1.29, 1.82) is 0 Å². The number of carbonyl (C=O) groups is 1. The Kier molecular flexibility index (Phi) is 9.19. The molecule has 0 aliphatic carbocycles. The fraction of sp³-hybridized carbons (Fsp3) is 0.529. The van der Waals surface area contributed by atoms with Gasteiger partial charge in [0.2, 0.25) is 0 Å². The van der Waals surface area contributed by atoms with Gasteiger partial charge in [0, 0.05) is 75.4 Å². The number of aromatic nitrogens is 5. The van der Waals surface area contributed by atoms with E-state index in [2.05, 4.69) is 20.5 Å². The van der Waals surface area contributed by atoms with Crippen molar-refractivity contribution >= 4 is 22.8 Å². The van der Waals surface area contributed by atoms with Gasteiger partial charge in [0.05, 0.1) is 25.3 Å². The molecule has 4 aromatic rings. The quantitative estimate of drug-likeness (QED) is 0.213. The van der Waals surface area contributed by atoms with Crippen LogP contribution >= 0.6 is 0 Å². The molecule has 1 amide bonds. The predicted octanol–water partition coefficient (Wildman–Crippen LogP) is 2.42. The van der Waals surface area contributed by atoms with Gasteiger partial charge in [-0.3, -0.25) is 9.48 Å². The van der Waals surface area contributed by atoms with Gasteiger partial charge in [-0.25, -0.2) is 9.97 Å². The summed E-state index contributed by atoms with van der Waals surface area (Å²) in [5.41, 5.74) is 8.81. The molecular weight excluding hydrogens is 630 g/mol. The van der Waals surface area contributed by atoms with Gasteiger partial charge in [0.25, 0.3) is 5.91 Å². The number of benzene rings is 1. The van der Waals surface area contributed by atoms with E-state index in [0.717, 1.165) is 54.7 Å². The number of hydrogen-bond acceptors (Lipinski definition) is 12. The molecule has 49 heavy (non-hydrogen) atoms. The first kappa shape index (κ1) is 33.2. The van der Waals surface area contributed by atoms with Gasteiger partial charge in [-0.05, 0) is 44.9 Å². The molecule has 3 fully saturated rings. The van der Waals surface area contributed by atoms with Gasteiger partial charge < -0.3 is 49.5 Å². The molecule has 0 bridgehead atoms. The number of fused-ring (bicyclic) bond motifs is 2. The number of aryl methyl sites for hydroxylation is 1. The number of amides is 1. The van der Waals surface area contributed by atoms with E-state index in [-0.39, 0.29) is 11.9 Å². The number of piperidine rings is 1. The number of nitrogens with zero attached hydrogens (tertiary/aromatic N) is 6. The summed E-state index contributed by atoms with van der Waals surface area (Å²) in [6.45, 7) is 7.41. The molecule has 0 radical (unpaired) electrons. The van der Waals surface area contributed by atoms with Crippen LogP contribution in [0.2, 0.25) is 0 Å². The van der Waals surface area contributed by atoms with Gasteiger partial charge >= 0.3 is 0 Å². The maximum Gasteiger partial charge on any atom is 0.252 e. The lowest BCUT2D eigenvalue weighted by Gasteiger charge is -2.32. The average molecular weight is 676 g/mol. The van der Waals surface area contributed by atoms with E-state index in [1.165, 1.54) is 6.33 Å². The molecule has 15 heteroatoms. The highest BCUT2D eigenvalue weighted by Crippen LogP contribution is 2.46. The molecule has 6 heterocycles. The van der Waals surface area contributed by atoms with E-state index in [1.807, 2.05) is 62.1 Å². The molecule has 15 nitrogen and oxygen atoms in total. The standard InChI is InChI=1S/C34H45N9O6/c1-34(2)48-27-28(32(44)39-21-8-13-42(14-9-21)15-11-35)47-33(29(27)49-34)43-18-23(24-10-12-41(3)40-24)26-30(37-19-38-31(26)43)36-17-20-6-7-22(45-4)16-25(20)46-5/h6-7,10,12,16,18-19,21,27-29,33H,8-9,11,13-15,17,35H2,1-5H3,(H,39,44)(H,36,37,38)/t27-,28+,29-,33-/m1/s1. The predicted molar refractivity (Wildman–Crippen MR) is 181 cm³/mol. The molecule has 0 saturated carbocycles. The third kappa shape index (κ3) is 6.56. The summed E-state index contributed by atoms with van der Waals surface area (Å²) in [6, 6.07) is 7.68. The van der Waals surface area contributed by atoms with Crippen LogP contribution in [0.1, 0.15) is 38.5 Å². The minimum atomic E-state index is -0.907. The number of carbonyl (C=O) groups excluding carboxylic acids is 1. The molecule has 1 aromatic carbocycles. The lowest BCUT2D eigenvalue weighted by atomic mass is 10.0. The van der Waals surface area contributed by atoms with Crippen LogP contribution in [0.5, 0.6) is 11.5 Å². The first-order chi connectivity index (χ1) is 23.7. The SMILES string of the molecule is COc1ccc(CNc2ncnc3c2c(-c2ccn(C)n2)cn3[C@@H]2O[C@H](C(=O)NC3CCN(CCN)CC3)[C@H]3OC(C)(C)O[C@H]32)c(OC)c1. The second kappa shape index (κ2) is 13.6. The Hall–Kier alpha value is -4.28. The Labute approximate surface area is 285 Å². The second-order valence-corrected chi connectivity index (χ2v) is 13.2. The summed E-state index contributed by atoms with van der Waals surface area (Å²) >= 11 is 0. The monoisotopic (exact) mass is 675 g/mol. The van der Waals surface area contributed by atoms with Crippen molar-refractivity contribution in [2.24, 2.45) is 12.8 Å². The highest BCUT2D eigenvalue weighted by Gasteiger charge is 2.58.